The maximum absolute atomic E-state index is 12.3. The van der Waals surface area contributed by atoms with Gasteiger partial charge < -0.3 is 30.6 Å². The molecule has 0 saturated carbocycles. The SMILES string of the molecule is COC(=O)c1cc(NC(=O)COC(=O)C[C@@H](NC(N)=O)c2ccc(Cl)cc2)cc(C(=O)OC)c1. The average molecular weight is 492 g/mol. The lowest BCUT2D eigenvalue weighted by molar-refractivity contribution is -0.147. The van der Waals surface area contributed by atoms with Crippen molar-refractivity contribution >= 4 is 47.1 Å². The summed E-state index contributed by atoms with van der Waals surface area (Å²) in [6.45, 7) is -0.668. The quantitative estimate of drug-likeness (QED) is 0.355. The third-order valence-corrected chi connectivity index (χ3v) is 4.63. The van der Waals surface area contributed by atoms with Crippen LogP contribution in [0.4, 0.5) is 10.5 Å². The molecule has 0 aromatic heterocycles. The summed E-state index contributed by atoms with van der Waals surface area (Å²) in [4.78, 5) is 59.5. The van der Waals surface area contributed by atoms with Gasteiger partial charge in [-0.15, -0.1) is 0 Å². The second-order valence-electron chi connectivity index (χ2n) is 6.81. The van der Waals surface area contributed by atoms with E-state index in [1.807, 2.05) is 0 Å². The number of hydrogen-bond donors (Lipinski definition) is 3. The summed E-state index contributed by atoms with van der Waals surface area (Å²) >= 11 is 5.85. The van der Waals surface area contributed by atoms with Crippen LogP contribution in [0.1, 0.15) is 38.7 Å². The van der Waals surface area contributed by atoms with Crippen LogP contribution < -0.4 is 16.4 Å². The summed E-state index contributed by atoms with van der Waals surface area (Å²) in [6.07, 6.45) is -0.303. The molecule has 0 radical (unpaired) electrons. The van der Waals surface area contributed by atoms with Crippen molar-refractivity contribution in [3.05, 3.63) is 64.2 Å². The summed E-state index contributed by atoms with van der Waals surface area (Å²) < 4.78 is 14.2. The highest BCUT2D eigenvalue weighted by molar-refractivity contribution is 6.30. The number of benzene rings is 2. The molecule has 2 aromatic carbocycles. The van der Waals surface area contributed by atoms with E-state index in [1.165, 1.54) is 18.2 Å². The van der Waals surface area contributed by atoms with E-state index < -0.39 is 42.5 Å². The summed E-state index contributed by atoms with van der Waals surface area (Å²) in [5.41, 5.74) is 5.81. The zero-order chi connectivity index (χ0) is 25.3. The van der Waals surface area contributed by atoms with Crippen LogP contribution in [0, 0.1) is 0 Å². The van der Waals surface area contributed by atoms with E-state index in [-0.39, 0.29) is 23.2 Å². The Bertz CT molecular complexity index is 1050. The third-order valence-electron chi connectivity index (χ3n) is 4.38. The number of primary amides is 1. The van der Waals surface area contributed by atoms with Gasteiger partial charge in [-0.2, -0.15) is 0 Å². The van der Waals surface area contributed by atoms with Crippen LogP contribution in [-0.2, 0) is 23.8 Å². The van der Waals surface area contributed by atoms with Gasteiger partial charge in [0.05, 0.1) is 37.8 Å². The van der Waals surface area contributed by atoms with Crippen LogP contribution in [0.3, 0.4) is 0 Å². The first kappa shape index (κ1) is 26.1. The molecule has 4 N–H and O–H groups in total. The molecule has 0 fully saturated rings. The number of ether oxygens (including phenoxy) is 3. The van der Waals surface area contributed by atoms with Gasteiger partial charge in [-0.25, -0.2) is 14.4 Å². The number of urea groups is 1. The fourth-order valence-corrected chi connectivity index (χ4v) is 2.98. The maximum Gasteiger partial charge on any atom is 0.337 e. The van der Waals surface area contributed by atoms with Crippen molar-refractivity contribution in [3.8, 4) is 0 Å². The minimum absolute atomic E-state index is 0.000951. The number of nitrogens with two attached hydrogens (primary N) is 1. The van der Waals surface area contributed by atoms with Gasteiger partial charge in [0.25, 0.3) is 5.91 Å². The number of hydrogen-bond acceptors (Lipinski definition) is 8. The smallest absolute Gasteiger partial charge is 0.337 e. The zero-order valence-electron chi connectivity index (χ0n) is 18.3. The highest BCUT2D eigenvalue weighted by Crippen LogP contribution is 2.20. The van der Waals surface area contributed by atoms with Crippen molar-refractivity contribution < 1.29 is 38.2 Å². The predicted octanol–water partition coefficient (Wildman–Crippen LogP) is 2.19. The number of nitrogens with one attached hydrogen (secondary N) is 2. The summed E-state index contributed by atoms with van der Waals surface area (Å²) in [7, 11) is 2.32. The zero-order valence-corrected chi connectivity index (χ0v) is 19.0. The average Bonchev–Trinajstić information content (AvgIpc) is 2.81. The van der Waals surface area contributed by atoms with Gasteiger partial charge in [0.2, 0.25) is 0 Å². The molecule has 34 heavy (non-hydrogen) atoms. The van der Waals surface area contributed by atoms with E-state index >= 15 is 0 Å². The van der Waals surface area contributed by atoms with Crippen molar-refractivity contribution in [2.75, 3.05) is 26.1 Å². The van der Waals surface area contributed by atoms with E-state index in [4.69, 9.17) is 22.1 Å². The number of amides is 3. The molecule has 2 aromatic rings. The van der Waals surface area contributed by atoms with Crippen molar-refractivity contribution in [2.24, 2.45) is 5.73 Å². The van der Waals surface area contributed by atoms with Crippen LogP contribution in [0.25, 0.3) is 0 Å². The first-order valence-electron chi connectivity index (χ1n) is 9.71. The van der Waals surface area contributed by atoms with Crippen molar-refractivity contribution in [1.82, 2.24) is 5.32 Å². The number of anilines is 1. The lowest BCUT2D eigenvalue weighted by Crippen LogP contribution is -2.35. The minimum atomic E-state index is -0.850. The van der Waals surface area contributed by atoms with E-state index in [1.54, 1.807) is 24.3 Å². The number of esters is 3. The molecule has 1 atom stereocenters. The van der Waals surface area contributed by atoms with Crippen LogP contribution >= 0.6 is 11.6 Å². The minimum Gasteiger partial charge on any atom is -0.465 e. The van der Waals surface area contributed by atoms with Crippen LogP contribution in [0.5, 0.6) is 0 Å². The molecule has 0 aliphatic carbocycles. The Labute approximate surface area is 199 Å². The molecule has 0 aliphatic heterocycles. The molecule has 0 unspecified atom stereocenters. The van der Waals surface area contributed by atoms with Crippen molar-refractivity contribution in [2.45, 2.75) is 12.5 Å². The Kier molecular flexibility index (Phi) is 9.38. The number of carbonyl (C=O) groups is 5. The Morgan fingerprint density at radius 3 is 2.00 bits per heavy atom. The Morgan fingerprint density at radius 2 is 1.50 bits per heavy atom. The lowest BCUT2D eigenvalue weighted by atomic mass is 10.0. The Balaban J connectivity index is 2.03. The van der Waals surface area contributed by atoms with Gasteiger partial charge >= 0.3 is 23.9 Å². The van der Waals surface area contributed by atoms with E-state index in [0.717, 1.165) is 14.2 Å². The molecule has 0 heterocycles. The number of rotatable bonds is 9. The monoisotopic (exact) mass is 491 g/mol. The highest BCUT2D eigenvalue weighted by atomic mass is 35.5. The number of carbonyl (C=O) groups excluding carboxylic acids is 5. The first-order valence-corrected chi connectivity index (χ1v) is 10.1. The van der Waals surface area contributed by atoms with Crippen LogP contribution in [-0.4, -0.2) is 50.7 Å². The standard InChI is InChI=1S/C22H22ClN3O8/c1-32-20(29)13-7-14(21(30)33-2)9-16(8-13)25-18(27)11-34-19(28)10-17(26-22(24)31)12-3-5-15(23)6-4-12/h3-9,17H,10-11H2,1-2H3,(H,25,27)(H3,24,26,31)/t17-/m1/s1. The molecule has 2 rings (SSSR count). The third kappa shape index (κ3) is 7.78. The normalized spacial score (nSPS) is 11.0. The second-order valence-corrected chi connectivity index (χ2v) is 7.24. The molecule has 180 valence electrons. The summed E-state index contributed by atoms with van der Waals surface area (Å²) in [5, 5.41) is 5.31. The molecule has 3 amide bonds. The first-order chi connectivity index (χ1) is 16.1. The molecule has 0 aliphatic rings. The highest BCUT2D eigenvalue weighted by Gasteiger charge is 2.20. The number of methoxy groups -OCH3 is 2. The van der Waals surface area contributed by atoms with Crippen LogP contribution in [0.15, 0.2) is 42.5 Å². The van der Waals surface area contributed by atoms with Crippen LogP contribution in [0.2, 0.25) is 5.02 Å². The molecule has 0 spiro atoms. The molecule has 11 nitrogen and oxygen atoms in total. The van der Waals surface area contributed by atoms with E-state index in [0.29, 0.717) is 10.6 Å². The molecular formula is C22H22ClN3O8. The van der Waals surface area contributed by atoms with Gasteiger partial charge in [-0.05, 0) is 35.9 Å². The van der Waals surface area contributed by atoms with Gasteiger partial charge in [0.15, 0.2) is 6.61 Å². The van der Waals surface area contributed by atoms with Crippen molar-refractivity contribution in [1.29, 1.82) is 0 Å². The molecule has 12 heteroatoms. The maximum atomic E-state index is 12.3. The largest absolute Gasteiger partial charge is 0.465 e. The summed E-state index contributed by atoms with van der Waals surface area (Å²) in [6, 6.07) is 8.54. The van der Waals surface area contributed by atoms with Gasteiger partial charge in [-0.1, -0.05) is 23.7 Å². The predicted molar refractivity (Wildman–Crippen MR) is 120 cm³/mol. The molecule has 0 saturated heterocycles. The molecule has 0 bridgehead atoms. The topological polar surface area (TPSA) is 163 Å². The fourth-order valence-electron chi connectivity index (χ4n) is 2.86. The lowest BCUT2D eigenvalue weighted by Gasteiger charge is -2.17. The Morgan fingerprint density at radius 1 is 0.941 bits per heavy atom. The van der Waals surface area contributed by atoms with E-state index in [2.05, 4.69) is 20.1 Å². The molecular weight excluding hydrogens is 470 g/mol. The second kappa shape index (κ2) is 12.2. The van der Waals surface area contributed by atoms with Gasteiger partial charge in [0.1, 0.15) is 0 Å². The number of halogens is 1. The Hall–Kier alpha value is -4.12. The fraction of sp³-hybridized carbons (Fsp3) is 0.227. The van der Waals surface area contributed by atoms with E-state index in [9.17, 15) is 24.0 Å². The summed E-state index contributed by atoms with van der Waals surface area (Å²) in [5.74, 6) is -3.00. The van der Waals surface area contributed by atoms with Gasteiger partial charge in [-0.3, -0.25) is 9.59 Å². The van der Waals surface area contributed by atoms with Crippen molar-refractivity contribution in [3.63, 3.8) is 0 Å². The van der Waals surface area contributed by atoms with Gasteiger partial charge in [0, 0.05) is 10.7 Å².